The molecule has 2 aromatic carbocycles. The van der Waals surface area contributed by atoms with E-state index in [2.05, 4.69) is 36.8 Å². The Labute approximate surface area is 214 Å². The van der Waals surface area contributed by atoms with Crippen molar-refractivity contribution in [3.63, 3.8) is 0 Å². The molecule has 4 aromatic rings. The minimum absolute atomic E-state index is 0.0501. The van der Waals surface area contributed by atoms with Crippen molar-refractivity contribution in [2.24, 2.45) is 13.0 Å². The van der Waals surface area contributed by atoms with Crippen molar-refractivity contribution in [2.45, 2.75) is 44.2 Å². The summed E-state index contributed by atoms with van der Waals surface area (Å²) in [6, 6.07) is 16.0. The van der Waals surface area contributed by atoms with Crippen LogP contribution < -0.4 is 0 Å². The highest BCUT2D eigenvalue weighted by Crippen LogP contribution is 2.59. The van der Waals surface area contributed by atoms with Crippen LogP contribution in [0.5, 0.6) is 0 Å². The second kappa shape index (κ2) is 8.94. The predicted octanol–water partition coefficient (Wildman–Crippen LogP) is 5.95. The Kier molecular flexibility index (Phi) is 5.82. The molecule has 0 N–H and O–H groups in total. The van der Waals surface area contributed by atoms with Gasteiger partial charge < -0.3 is 9.47 Å². The van der Waals surface area contributed by atoms with Crippen LogP contribution in [0, 0.1) is 12.8 Å². The van der Waals surface area contributed by atoms with Crippen LogP contribution in [0.25, 0.3) is 22.3 Å². The van der Waals surface area contributed by atoms with Gasteiger partial charge in [-0.3, -0.25) is 4.98 Å². The van der Waals surface area contributed by atoms with Crippen molar-refractivity contribution in [1.82, 2.24) is 24.6 Å². The lowest BCUT2D eigenvalue weighted by Gasteiger charge is -2.21. The van der Waals surface area contributed by atoms with Gasteiger partial charge in [0.15, 0.2) is 5.82 Å². The molecular weight excluding hydrogens is 475 g/mol. The fourth-order valence-corrected chi connectivity index (χ4v) is 6.08. The third kappa shape index (κ3) is 4.41. The number of halogens is 3. The van der Waals surface area contributed by atoms with Crippen LogP contribution in [0.15, 0.2) is 54.6 Å². The topological polar surface area (TPSA) is 46.8 Å². The molecule has 5 nitrogen and oxygen atoms in total. The van der Waals surface area contributed by atoms with Crippen molar-refractivity contribution >= 4 is 10.9 Å². The van der Waals surface area contributed by atoms with E-state index >= 15 is 0 Å². The van der Waals surface area contributed by atoms with E-state index in [-0.39, 0.29) is 5.41 Å². The monoisotopic (exact) mass is 505 g/mol. The van der Waals surface area contributed by atoms with Crippen LogP contribution in [-0.2, 0) is 25.1 Å². The van der Waals surface area contributed by atoms with Gasteiger partial charge in [0.25, 0.3) is 0 Å². The first-order chi connectivity index (χ1) is 17.7. The van der Waals surface area contributed by atoms with Gasteiger partial charge in [-0.05, 0) is 68.5 Å². The van der Waals surface area contributed by atoms with Gasteiger partial charge in [0, 0.05) is 48.6 Å². The van der Waals surface area contributed by atoms with Gasteiger partial charge in [0.2, 0.25) is 0 Å². The van der Waals surface area contributed by atoms with E-state index in [1.54, 1.807) is 12.1 Å². The molecule has 1 saturated heterocycles. The Morgan fingerprint density at radius 3 is 2.59 bits per heavy atom. The summed E-state index contributed by atoms with van der Waals surface area (Å²) in [5.74, 6) is 2.38. The Bertz CT molecular complexity index is 1440. The molecule has 1 saturated carbocycles. The smallest absolute Gasteiger partial charge is 0.314 e. The summed E-state index contributed by atoms with van der Waals surface area (Å²) in [6.07, 6.45) is -0.283. The SMILES string of the molecule is Cc1ccc2c(-c3nnc(CCCCN4C[C@@H]5C[C@]5(c5ccc(C(F)(F)F)cc5)C4)n3C)cccc2n1. The zero-order valence-electron chi connectivity index (χ0n) is 21.1. The molecule has 8 heteroatoms. The summed E-state index contributed by atoms with van der Waals surface area (Å²) in [4.78, 5) is 7.11. The number of likely N-dealkylation sites (tertiary alicyclic amines) is 1. The number of unbranched alkanes of at least 4 members (excludes halogenated alkanes) is 1. The largest absolute Gasteiger partial charge is 0.416 e. The zero-order chi connectivity index (χ0) is 25.8. The summed E-state index contributed by atoms with van der Waals surface area (Å²) >= 11 is 0. The number of aromatic nitrogens is 4. The molecule has 0 bridgehead atoms. The normalized spacial score (nSPS) is 21.5. The molecule has 1 aliphatic heterocycles. The average Bonchev–Trinajstić information content (AvgIpc) is 3.25. The highest BCUT2D eigenvalue weighted by Gasteiger charge is 2.60. The summed E-state index contributed by atoms with van der Waals surface area (Å²) < 4.78 is 40.9. The standard InChI is InChI=1S/C29H30F3N5/c1-19-9-14-23-24(6-5-7-25(23)33-19)27-35-34-26(36(27)2)8-3-4-15-37-17-22-16-28(22,18-37)20-10-12-21(13-11-20)29(30,31)32/h5-7,9-14,22H,3-4,8,15-18H2,1-2H3/t22-,28+/m0/s1. The summed E-state index contributed by atoms with van der Waals surface area (Å²) in [5, 5.41) is 10.1. The molecule has 2 aliphatic rings. The first-order valence-electron chi connectivity index (χ1n) is 12.9. The third-order valence-electron chi connectivity index (χ3n) is 8.21. The molecule has 0 unspecified atom stereocenters. The number of rotatable bonds is 7. The fourth-order valence-electron chi connectivity index (χ4n) is 6.08. The van der Waals surface area contributed by atoms with Gasteiger partial charge in [-0.2, -0.15) is 13.2 Å². The molecule has 37 heavy (non-hydrogen) atoms. The van der Waals surface area contributed by atoms with Crippen LogP contribution in [0.4, 0.5) is 13.2 Å². The minimum atomic E-state index is -4.28. The number of nitrogens with zero attached hydrogens (tertiary/aromatic N) is 5. The van der Waals surface area contributed by atoms with E-state index in [4.69, 9.17) is 0 Å². The zero-order valence-corrected chi connectivity index (χ0v) is 21.1. The van der Waals surface area contributed by atoms with Crippen LogP contribution >= 0.6 is 0 Å². The lowest BCUT2D eigenvalue weighted by atomic mass is 9.94. The second-order valence-electron chi connectivity index (χ2n) is 10.6. The number of aryl methyl sites for hydroxylation is 2. The van der Waals surface area contributed by atoms with Crippen LogP contribution in [0.3, 0.4) is 0 Å². The Balaban J connectivity index is 1.05. The van der Waals surface area contributed by atoms with Crippen LogP contribution in [0.2, 0.25) is 0 Å². The van der Waals surface area contributed by atoms with Gasteiger partial charge in [-0.1, -0.05) is 30.3 Å². The Morgan fingerprint density at radius 1 is 1.00 bits per heavy atom. The van der Waals surface area contributed by atoms with Gasteiger partial charge in [-0.25, -0.2) is 0 Å². The van der Waals surface area contributed by atoms with E-state index in [0.29, 0.717) is 5.92 Å². The van der Waals surface area contributed by atoms with Crippen molar-refractivity contribution in [3.05, 3.63) is 77.2 Å². The number of pyridine rings is 1. The van der Waals surface area contributed by atoms with Crippen LogP contribution in [-0.4, -0.2) is 44.3 Å². The van der Waals surface area contributed by atoms with E-state index in [9.17, 15) is 13.2 Å². The summed E-state index contributed by atoms with van der Waals surface area (Å²) in [6.45, 7) is 4.96. The molecule has 0 spiro atoms. The van der Waals surface area contributed by atoms with Crippen molar-refractivity contribution in [2.75, 3.05) is 19.6 Å². The van der Waals surface area contributed by atoms with Crippen molar-refractivity contribution in [1.29, 1.82) is 0 Å². The number of alkyl halides is 3. The number of fused-ring (bicyclic) bond motifs is 2. The quantitative estimate of drug-likeness (QED) is 0.291. The molecule has 2 atom stereocenters. The minimum Gasteiger partial charge on any atom is -0.314 e. The first-order valence-corrected chi connectivity index (χ1v) is 12.9. The van der Waals surface area contributed by atoms with Gasteiger partial charge in [0.1, 0.15) is 5.82 Å². The molecule has 3 heterocycles. The molecule has 2 aromatic heterocycles. The Morgan fingerprint density at radius 2 is 1.81 bits per heavy atom. The van der Waals surface area contributed by atoms with E-state index in [1.807, 2.05) is 32.2 Å². The fraction of sp³-hybridized carbons (Fsp3) is 0.414. The maximum absolute atomic E-state index is 12.9. The maximum Gasteiger partial charge on any atom is 0.416 e. The van der Waals surface area contributed by atoms with Crippen molar-refractivity contribution < 1.29 is 13.2 Å². The highest BCUT2D eigenvalue weighted by atomic mass is 19.4. The maximum atomic E-state index is 12.9. The average molecular weight is 506 g/mol. The van der Waals surface area contributed by atoms with Gasteiger partial charge in [-0.15, -0.1) is 10.2 Å². The molecule has 1 aliphatic carbocycles. The van der Waals surface area contributed by atoms with E-state index < -0.39 is 11.7 Å². The lowest BCUT2D eigenvalue weighted by molar-refractivity contribution is -0.137. The van der Waals surface area contributed by atoms with Crippen LogP contribution in [0.1, 0.15) is 41.9 Å². The number of piperidine rings is 1. The molecule has 192 valence electrons. The summed E-state index contributed by atoms with van der Waals surface area (Å²) in [5.41, 5.74) is 3.52. The summed E-state index contributed by atoms with van der Waals surface area (Å²) in [7, 11) is 2.02. The van der Waals surface area contributed by atoms with Gasteiger partial charge in [0.05, 0.1) is 11.1 Å². The predicted molar refractivity (Wildman–Crippen MR) is 137 cm³/mol. The first kappa shape index (κ1) is 24.1. The number of hydrogen-bond acceptors (Lipinski definition) is 4. The molecule has 2 fully saturated rings. The third-order valence-corrected chi connectivity index (χ3v) is 8.21. The Hall–Kier alpha value is -3.26. The van der Waals surface area contributed by atoms with Crippen molar-refractivity contribution in [3.8, 4) is 11.4 Å². The van der Waals surface area contributed by atoms with E-state index in [0.717, 1.165) is 84.7 Å². The van der Waals surface area contributed by atoms with Gasteiger partial charge >= 0.3 is 6.18 Å². The second-order valence-corrected chi connectivity index (χ2v) is 10.6. The van der Waals surface area contributed by atoms with E-state index in [1.165, 1.54) is 12.1 Å². The lowest BCUT2D eigenvalue weighted by Crippen LogP contribution is -2.27. The highest BCUT2D eigenvalue weighted by molar-refractivity contribution is 5.92. The molecule has 6 rings (SSSR count). The molecule has 0 radical (unpaired) electrons. The number of hydrogen-bond donors (Lipinski definition) is 0. The molecular formula is C29H30F3N5. The molecule has 0 amide bonds. The number of benzene rings is 2.